The Bertz CT molecular complexity index is 754. The number of ether oxygens (including phenoxy) is 2. The molecule has 1 N–H and O–H groups in total. The largest absolute Gasteiger partial charge is 0.497 e. The molecule has 0 aliphatic heterocycles. The number of carbonyl (C=O) groups is 1. The molecule has 138 valence electrons. The third kappa shape index (κ3) is 4.37. The van der Waals surface area contributed by atoms with Crippen molar-refractivity contribution in [2.24, 2.45) is 0 Å². The molecule has 0 saturated carbocycles. The fourth-order valence-corrected chi connectivity index (χ4v) is 3.35. The van der Waals surface area contributed by atoms with E-state index in [9.17, 15) is 4.79 Å². The van der Waals surface area contributed by atoms with E-state index in [1.165, 1.54) is 30.4 Å². The van der Waals surface area contributed by atoms with Gasteiger partial charge in [-0.15, -0.1) is 0 Å². The van der Waals surface area contributed by atoms with Crippen LogP contribution in [0, 0.1) is 0 Å². The number of carbonyl (C=O) groups excluding carboxylic acids is 1. The summed E-state index contributed by atoms with van der Waals surface area (Å²) in [7, 11) is 1.62. The number of aryl methyl sites for hydroxylation is 2. The summed E-state index contributed by atoms with van der Waals surface area (Å²) in [6.45, 7) is 3.78. The van der Waals surface area contributed by atoms with Gasteiger partial charge in [0.1, 0.15) is 11.5 Å². The monoisotopic (exact) mass is 353 g/mol. The second-order valence-electron chi connectivity index (χ2n) is 6.90. The van der Waals surface area contributed by atoms with Crippen LogP contribution < -0.4 is 14.8 Å². The molecule has 3 rings (SSSR count). The van der Waals surface area contributed by atoms with Gasteiger partial charge in [-0.3, -0.25) is 4.79 Å². The molecule has 1 aliphatic carbocycles. The molecule has 4 nitrogen and oxygen atoms in total. The maximum absolute atomic E-state index is 12.5. The van der Waals surface area contributed by atoms with Crippen molar-refractivity contribution in [3.63, 3.8) is 0 Å². The quantitative estimate of drug-likeness (QED) is 0.846. The van der Waals surface area contributed by atoms with E-state index in [1.54, 1.807) is 26.2 Å². The van der Waals surface area contributed by atoms with Crippen molar-refractivity contribution in [1.29, 1.82) is 0 Å². The van der Waals surface area contributed by atoms with Crippen LogP contribution in [-0.2, 0) is 17.6 Å². The van der Waals surface area contributed by atoms with Crippen LogP contribution in [0.5, 0.6) is 11.5 Å². The van der Waals surface area contributed by atoms with Crippen molar-refractivity contribution in [1.82, 2.24) is 5.32 Å². The van der Waals surface area contributed by atoms with E-state index < -0.39 is 6.10 Å². The molecule has 26 heavy (non-hydrogen) atoms. The lowest BCUT2D eigenvalue weighted by atomic mass is 9.89. The highest BCUT2D eigenvalue weighted by Gasteiger charge is 2.19. The standard InChI is InChI=1S/C22H27NO3/c1-15(18-9-8-17-6-4-5-7-19(17)14-18)23-22(24)16(2)26-21-12-10-20(25-3)11-13-21/h8-16H,4-7H2,1-3H3,(H,23,24)/t15-,16+/m0/s1. The molecule has 0 heterocycles. The molecule has 2 aromatic rings. The van der Waals surface area contributed by atoms with Crippen molar-refractivity contribution >= 4 is 5.91 Å². The average molecular weight is 353 g/mol. The number of nitrogens with one attached hydrogen (secondary N) is 1. The number of fused-ring (bicyclic) bond motifs is 1. The van der Waals surface area contributed by atoms with Crippen molar-refractivity contribution in [3.8, 4) is 11.5 Å². The first-order valence-corrected chi connectivity index (χ1v) is 9.29. The van der Waals surface area contributed by atoms with Crippen LogP contribution in [-0.4, -0.2) is 19.1 Å². The maximum atomic E-state index is 12.5. The Morgan fingerprint density at radius 1 is 0.962 bits per heavy atom. The first-order valence-electron chi connectivity index (χ1n) is 9.29. The zero-order chi connectivity index (χ0) is 18.5. The molecule has 0 spiro atoms. The van der Waals surface area contributed by atoms with E-state index in [0.717, 1.165) is 17.7 Å². The molecule has 1 aliphatic rings. The molecule has 4 heteroatoms. The minimum Gasteiger partial charge on any atom is -0.497 e. The summed E-state index contributed by atoms with van der Waals surface area (Å²) >= 11 is 0. The molecule has 1 amide bonds. The number of hydrogen-bond acceptors (Lipinski definition) is 3. The fraction of sp³-hybridized carbons (Fsp3) is 0.409. The molecular weight excluding hydrogens is 326 g/mol. The Morgan fingerprint density at radius 2 is 1.62 bits per heavy atom. The minimum absolute atomic E-state index is 0.0448. The van der Waals surface area contributed by atoms with Gasteiger partial charge in [0.2, 0.25) is 0 Å². The van der Waals surface area contributed by atoms with Gasteiger partial charge in [0.25, 0.3) is 5.91 Å². The van der Waals surface area contributed by atoms with E-state index in [-0.39, 0.29) is 11.9 Å². The van der Waals surface area contributed by atoms with Crippen LogP contribution in [0.2, 0.25) is 0 Å². The van der Waals surface area contributed by atoms with Crippen molar-refractivity contribution in [3.05, 3.63) is 59.2 Å². The summed E-state index contributed by atoms with van der Waals surface area (Å²) in [5, 5.41) is 3.06. The smallest absolute Gasteiger partial charge is 0.261 e. The van der Waals surface area contributed by atoms with E-state index in [0.29, 0.717) is 5.75 Å². The Balaban J connectivity index is 1.59. The van der Waals surface area contributed by atoms with Crippen LogP contribution in [0.1, 0.15) is 49.4 Å². The lowest BCUT2D eigenvalue weighted by Gasteiger charge is -2.22. The van der Waals surface area contributed by atoms with Crippen molar-refractivity contribution in [2.75, 3.05) is 7.11 Å². The summed E-state index contributed by atoms with van der Waals surface area (Å²) in [6.07, 6.45) is 4.27. The third-order valence-electron chi connectivity index (χ3n) is 4.97. The topological polar surface area (TPSA) is 47.6 Å². The van der Waals surface area contributed by atoms with Crippen LogP contribution in [0.15, 0.2) is 42.5 Å². The number of methoxy groups -OCH3 is 1. The highest BCUT2D eigenvalue weighted by atomic mass is 16.5. The van der Waals surface area contributed by atoms with E-state index in [2.05, 4.69) is 23.5 Å². The number of hydrogen-bond donors (Lipinski definition) is 1. The van der Waals surface area contributed by atoms with E-state index in [1.807, 2.05) is 19.1 Å². The molecule has 0 aromatic heterocycles. The van der Waals surface area contributed by atoms with Gasteiger partial charge in [0.05, 0.1) is 13.2 Å². The average Bonchev–Trinajstić information content (AvgIpc) is 2.68. The Labute approximate surface area is 155 Å². The van der Waals surface area contributed by atoms with Gasteiger partial charge < -0.3 is 14.8 Å². The van der Waals surface area contributed by atoms with Gasteiger partial charge in [-0.25, -0.2) is 0 Å². The number of benzene rings is 2. The summed E-state index contributed by atoms with van der Waals surface area (Å²) in [5.41, 5.74) is 4.03. The Hall–Kier alpha value is -2.49. The zero-order valence-electron chi connectivity index (χ0n) is 15.7. The molecule has 0 bridgehead atoms. The van der Waals surface area contributed by atoms with Gasteiger partial charge in [0, 0.05) is 0 Å². The van der Waals surface area contributed by atoms with Crippen LogP contribution >= 0.6 is 0 Å². The Morgan fingerprint density at radius 3 is 2.31 bits per heavy atom. The van der Waals surface area contributed by atoms with Gasteiger partial charge in [0.15, 0.2) is 6.10 Å². The third-order valence-corrected chi connectivity index (χ3v) is 4.97. The molecule has 0 fully saturated rings. The normalized spacial score (nSPS) is 15.5. The second-order valence-corrected chi connectivity index (χ2v) is 6.90. The number of amides is 1. The fourth-order valence-electron chi connectivity index (χ4n) is 3.35. The lowest BCUT2D eigenvalue weighted by Crippen LogP contribution is -2.37. The van der Waals surface area contributed by atoms with Gasteiger partial charge in [-0.2, -0.15) is 0 Å². The highest BCUT2D eigenvalue weighted by Crippen LogP contribution is 2.25. The lowest BCUT2D eigenvalue weighted by molar-refractivity contribution is -0.127. The van der Waals surface area contributed by atoms with Gasteiger partial charge in [-0.05, 0) is 80.5 Å². The van der Waals surface area contributed by atoms with Crippen LogP contribution in [0.25, 0.3) is 0 Å². The molecular formula is C22H27NO3. The number of rotatable bonds is 6. The molecule has 2 atom stereocenters. The summed E-state index contributed by atoms with van der Waals surface area (Å²) in [6, 6.07) is 13.8. The Kier molecular flexibility index (Phi) is 5.82. The summed E-state index contributed by atoms with van der Waals surface area (Å²) < 4.78 is 10.9. The zero-order valence-corrected chi connectivity index (χ0v) is 15.7. The summed E-state index contributed by atoms with van der Waals surface area (Å²) in [4.78, 5) is 12.5. The SMILES string of the molecule is COc1ccc(O[C@H](C)C(=O)N[C@@H](C)c2ccc3c(c2)CCCC3)cc1. The molecule has 0 unspecified atom stereocenters. The highest BCUT2D eigenvalue weighted by molar-refractivity contribution is 5.81. The first kappa shape index (κ1) is 18.3. The maximum Gasteiger partial charge on any atom is 0.261 e. The van der Waals surface area contributed by atoms with Crippen molar-refractivity contribution < 1.29 is 14.3 Å². The predicted molar refractivity (Wildman–Crippen MR) is 103 cm³/mol. The van der Waals surface area contributed by atoms with E-state index in [4.69, 9.17) is 9.47 Å². The van der Waals surface area contributed by atoms with Gasteiger partial charge in [-0.1, -0.05) is 18.2 Å². The molecule has 0 saturated heterocycles. The van der Waals surface area contributed by atoms with Crippen molar-refractivity contribution in [2.45, 2.75) is 51.7 Å². The minimum atomic E-state index is -0.566. The van der Waals surface area contributed by atoms with E-state index >= 15 is 0 Å². The molecule has 0 radical (unpaired) electrons. The van der Waals surface area contributed by atoms with Crippen LogP contribution in [0.3, 0.4) is 0 Å². The van der Waals surface area contributed by atoms with Crippen LogP contribution in [0.4, 0.5) is 0 Å². The first-order chi connectivity index (χ1) is 12.6. The predicted octanol–water partition coefficient (Wildman–Crippen LogP) is 4.22. The summed E-state index contributed by atoms with van der Waals surface area (Å²) in [5.74, 6) is 1.29. The second kappa shape index (κ2) is 8.26. The molecule has 2 aromatic carbocycles. The van der Waals surface area contributed by atoms with Gasteiger partial charge >= 0.3 is 0 Å².